The summed E-state index contributed by atoms with van der Waals surface area (Å²) in [5.74, 6) is 0. The largest absolute Gasteiger partial charge is 0.309 e. The number of rotatable bonds is 4. The maximum absolute atomic E-state index is 3.67. The maximum atomic E-state index is 3.67. The Balaban J connectivity index is 1.72. The molecule has 2 unspecified atom stereocenters. The van der Waals surface area contributed by atoms with Crippen LogP contribution in [-0.4, -0.2) is 25.0 Å². The van der Waals surface area contributed by atoms with E-state index >= 15 is 0 Å². The highest BCUT2D eigenvalue weighted by atomic mass is 32.1. The van der Waals surface area contributed by atoms with Gasteiger partial charge in [0.2, 0.25) is 0 Å². The minimum absolute atomic E-state index is 0.451. The van der Waals surface area contributed by atoms with Gasteiger partial charge in [-0.15, -0.1) is 11.3 Å². The van der Waals surface area contributed by atoms with Gasteiger partial charge in [0.05, 0.1) is 0 Å². The molecule has 2 nitrogen and oxygen atoms in total. The van der Waals surface area contributed by atoms with Crippen LogP contribution in [-0.2, 0) is 6.42 Å². The lowest BCUT2D eigenvalue weighted by Gasteiger charge is -2.33. The Morgan fingerprint density at radius 2 is 2.15 bits per heavy atom. The molecule has 106 valence electrons. The molecule has 3 rings (SSSR count). The second kappa shape index (κ2) is 6.08. The molecular weight excluding hydrogens is 264 g/mol. The van der Waals surface area contributed by atoms with Crippen molar-refractivity contribution in [1.82, 2.24) is 10.2 Å². The fourth-order valence-corrected chi connectivity index (χ4v) is 3.80. The van der Waals surface area contributed by atoms with Gasteiger partial charge in [0.1, 0.15) is 0 Å². The zero-order valence-electron chi connectivity index (χ0n) is 12.2. The molecule has 0 amide bonds. The van der Waals surface area contributed by atoms with Crippen molar-refractivity contribution in [3.63, 3.8) is 0 Å². The summed E-state index contributed by atoms with van der Waals surface area (Å²) in [6.45, 7) is 4.43. The van der Waals surface area contributed by atoms with Crippen LogP contribution in [0.25, 0.3) is 0 Å². The SMILES string of the molecule is CC(c1cccs1)N(C)CC1NCCc2ccccc21. The fraction of sp³-hybridized carbons (Fsp3) is 0.412. The highest BCUT2D eigenvalue weighted by Gasteiger charge is 2.22. The summed E-state index contributed by atoms with van der Waals surface area (Å²) in [5, 5.41) is 5.83. The Morgan fingerprint density at radius 3 is 2.95 bits per heavy atom. The molecule has 0 spiro atoms. The molecule has 0 saturated carbocycles. The Morgan fingerprint density at radius 1 is 1.30 bits per heavy atom. The smallest absolute Gasteiger partial charge is 0.0452 e. The van der Waals surface area contributed by atoms with Crippen LogP contribution >= 0.6 is 11.3 Å². The van der Waals surface area contributed by atoms with Gasteiger partial charge in [0, 0.05) is 23.5 Å². The first-order chi connectivity index (χ1) is 9.75. The molecular formula is C17H22N2S. The number of nitrogens with one attached hydrogen (secondary N) is 1. The summed E-state index contributed by atoms with van der Waals surface area (Å²) in [5.41, 5.74) is 2.98. The van der Waals surface area contributed by atoms with Gasteiger partial charge in [-0.25, -0.2) is 0 Å². The molecule has 1 aromatic carbocycles. The van der Waals surface area contributed by atoms with Crippen molar-refractivity contribution in [2.75, 3.05) is 20.1 Å². The van der Waals surface area contributed by atoms with Gasteiger partial charge >= 0.3 is 0 Å². The van der Waals surface area contributed by atoms with Gasteiger partial charge in [0.15, 0.2) is 0 Å². The van der Waals surface area contributed by atoms with Crippen molar-refractivity contribution >= 4 is 11.3 Å². The van der Waals surface area contributed by atoms with Gasteiger partial charge in [-0.1, -0.05) is 30.3 Å². The molecule has 0 saturated heterocycles. The molecule has 20 heavy (non-hydrogen) atoms. The van der Waals surface area contributed by atoms with Crippen molar-refractivity contribution in [2.24, 2.45) is 0 Å². The summed E-state index contributed by atoms with van der Waals surface area (Å²) < 4.78 is 0. The van der Waals surface area contributed by atoms with Crippen LogP contribution in [0.4, 0.5) is 0 Å². The van der Waals surface area contributed by atoms with Crippen LogP contribution in [0, 0.1) is 0 Å². The van der Waals surface area contributed by atoms with Gasteiger partial charge in [-0.2, -0.15) is 0 Å². The lowest BCUT2D eigenvalue weighted by molar-refractivity contribution is 0.231. The molecule has 0 bridgehead atoms. The number of likely N-dealkylation sites (N-methyl/N-ethyl adjacent to an activating group) is 1. The third-order valence-electron chi connectivity index (χ3n) is 4.30. The van der Waals surface area contributed by atoms with Crippen molar-refractivity contribution in [1.29, 1.82) is 0 Å². The minimum Gasteiger partial charge on any atom is -0.309 e. The molecule has 1 aliphatic rings. The van der Waals surface area contributed by atoms with Crippen LogP contribution in [0.2, 0.25) is 0 Å². The predicted octanol–water partition coefficient (Wildman–Crippen LogP) is 3.63. The topological polar surface area (TPSA) is 15.3 Å². The monoisotopic (exact) mass is 286 g/mol. The molecule has 1 N–H and O–H groups in total. The first-order valence-electron chi connectivity index (χ1n) is 7.30. The Hall–Kier alpha value is -1.16. The highest BCUT2D eigenvalue weighted by Crippen LogP contribution is 2.28. The molecule has 0 radical (unpaired) electrons. The lowest BCUT2D eigenvalue weighted by Crippen LogP contribution is -2.38. The number of thiophene rings is 1. The van der Waals surface area contributed by atoms with E-state index in [-0.39, 0.29) is 0 Å². The summed E-state index contributed by atoms with van der Waals surface area (Å²) in [6, 6.07) is 14.1. The van der Waals surface area contributed by atoms with Gasteiger partial charge < -0.3 is 5.32 Å². The van der Waals surface area contributed by atoms with E-state index in [1.54, 1.807) is 0 Å². The van der Waals surface area contributed by atoms with Gasteiger partial charge in [-0.3, -0.25) is 4.90 Å². The van der Waals surface area contributed by atoms with E-state index in [0.717, 1.165) is 19.5 Å². The quantitative estimate of drug-likeness (QED) is 0.923. The van der Waals surface area contributed by atoms with E-state index in [4.69, 9.17) is 0 Å². The number of nitrogens with zero attached hydrogens (tertiary/aromatic N) is 1. The molecule has 0 aliphatic carbocycles. The van der Waals surface area contributed by atoms with Gasteiger partial charge in [0.25, 0.3) is 0 Å². The molecule has 1 aromatic heterocycles. The molecule has 2 heterocycles. The first-order valence-corrected chi connectivity index (χ1v) is 8.18. The van der Waals surface area contributed by atoms with Crippen molar-refractivity contribution in [2.45, 2.75) is 25.4 Å². The fourth-order valence-electron chi connectivity index (χ4n) is 2.95. The zero-order valence-corrected chi connectivity index (χ0v) is 13.0. The number of benzene rings is 1. The van der Waals surface area contributed by atoms with Crippen LogP contribution in [0.3, 0.4) is 0 Å². The van der Waals surface area contributed by atoms with E-state index < -0.39 is 0 Å². The third kappa shape index (κ3) is 2.80. The molecule has 2 atom stereocenters. The van der Waals surface area contributed by atoms with E-state index in [1.165, 1.54) is 16.0 Å². The molecule has 0 fully saturated rings. The summed E-state index contributed by atoms with van der Waals surface area (Å²) in [7, 11) is 2.23. The number of hydrogen-bond donors (Lipinski definition) is 1. The predicted molar refractivity (Wildman–Crippen MR) is 86.3 cm³/mol. The summed E-state index contributed by atoms with van der Waals surface area (Å²) >= 11 is 1.84. The van der Waals surface area contributed by atoms with Crippen LogP contribution in [0.1, 0.15) is 35.0 Å². The standard InChI is InChI=1S/C17H22N2S/c1-13(17-8-5-11-20-17)19(2)12-16-15-7-4-3-6-14(15)9-10-18-16/h3-8,11,13,16,18H,9-10,12H2,1-2H3. The number of fused-ring (bicyclic) bond motifs is 1. The summed E-state index contributed by atoms with van der Waals surface area (Å²) in [4.78, 5) is 3.89. The van der Waals surface area contributed by atoms with Crippen molar-refractivity contribution in [3.8, 4) is 0 Å². The Labute approximate surface area is 125 Å². The highest BCUT2D eigenvalue weighted by molar-refractivity contribution is 7.10. The lowest BCUT2D eigenvalue weighted by atomic mass is 9.94. The van der Waals surface area contributed by atoms with Crippen molar-refractivity contribution < 1.29 is 0 Å². The molecule has 3 heteroatoms. The van der Waals surface area contributed by atoms with E-state index in [1.807, 2.05) is 11.3 Å². The first kappa shape index (κ1) is 13.8. The zero-order chi connectivity index (χ0) is 13.9. The second-order valence-corrected chi connectivity index (χ2v) is 6.57. The summed E-state index contributed by atoms with van der Waals surface area (Å²) in [6.07, 6.45) is 1.15. The third-order valence-corrected chi connectivity index (χ3v) is 5.34. The van der Waals surface area contributed by atoms with E-state index in [0.29, 0.717) is 12.1 Å². The van der Waals surface area contributed by atoms with E-state index in [2.05, 4.69) is 66.0 Å². The minimum atomic E-state index is 0.451. The Kier molecular flexibility index (Phi) is 4.20. The maximum Gasteiger partial charge on any atom is 0.0452 e. The molecule has 2 aromatic rings. The average molecular weight is 286 g/mol. The second-order valence-electron chi connectivity index (χ2n) is 5.59. The molecule has 1 aliphatic heterocycles. The van der Waals surface area contributed by atoms with Crippen LogP contribution < -0.4 is 5.32 Å². The Bertz CT molecular complexity index is 550. The van der Waals surface area contributed by atoms with Gasteiger partial charge in [-0.05, 0) is 49.5 Å². The number of hydrogen-bond acceptors (Lipinski definition) is 3. The normalized spacial score (nSPS) is 19.9. The van der Waals surface area contributed by atoms with Crippen molar-refractivity contribution in [3.05, 3.63) is 57.8 Å². The van der Waals surface area contributed by atoms with Crippen LogP contribution in [0.15, 0.2) is 41.8 Å². The average Bonchev–Trinajstić information content (AvgIpc) is 3.01. The van der Waals surface area contributed by atoms with Crippen LogP contribution in [0.5, 0.6) is 0 Å². The van der Waals surface area contributed by atoms with E-state index in [9.17, 15) is 0 Å².